The van der Waals surface area contributed by atoms with Crippen LogP contribution >= 0.6 is 0 Å². The zero-order valence-corrected chi connectivity index (χ0v) is 18.9. The van der Waals surface area contributed by atoms with Gasteiger partial charge in [-0.1, -0.05) is 12.1 Å². The molecule has 0 radical (unpaired) electrons. The molecule has 2 aromatic carbocycles. The second kappa shape index (κ2) is 8.67. The minimum absolute atomic E-state index is 0.0489. The van der Waals surface area contributed by atoms with Gasteiger partial charge in [0.25, 0.3) is 15.9 Å². The first kappa shape index (κ1) is 21.7. The molecule has 174 valence electrons. The van der Waals surface area contributed by atoms with E-state index >= 15 is 0 Å². The molecule has 1 aliphatic rings. The van der Waals surface area contributed by atoms with Gasteiger partial charge in [-0.05, 0) is 55.3 Å². The molecule has 0 atom stereocenters. The largest absolute Gasteiger partial charge is 0.357 e. The Bertz CT molecular complexity index is 1520. The van der Waals surface area contributed by atoms with Crippen molar-refractivity contribution in [2.75, 3.05) is 28.0 Å². The maximum absolute atomic E-state index is 13.0. The van der Waals surface area contributed by atoms with Crippen LogP contribution in [0, 0.1) is 0 Å². The van der Waals surface area contributed by atoms with Crippen LogP contribution in [-0.4, -0.2) is 42.4 Å². The Kier molecular flexibility index (Phi) is 5.54. The van der Waals surface area contributed by atoms with Gasteiger partial charge >= 0.3 is 5.69 Å². The van der Waals surface area contributed by atoms with Crippen LogP contribution in [0.2, 0.25) is 0 Å². The second-order valence-corrected chi connectivity index (χ2v) is 9.67. The number of benzene rings is 2. The summed E-state index contributed by atoms with van der Waals surface area (Å²) < 4.78 is 28.5. The molecule has 1 saturated heterocycles. The Balaban J connectivity index is 1.36. The number of carbonyl (C=O) groups excluding carboxylic acids is 1. The summed E-state index contributed by atoms with van der Waals surface area (Å²) in [5.74, 6) is 0.392. The molecule has 4 N–H and O–H groups in total. The summed E-state index contributed by atoms with van der Waals surface area (Å²) >= 11 is 0. The number of nitrogens with one attached hydrogen (secondary N) is 4. The number of pyridine rings is 1. The average Bonchev–Trinajstić information content (AvgIpc) is 3.48. The van der Waals surface area contributed by atoms with Crippen molar-refractivity contribution >= 4 is 44.2 Å². The predicted octanol–water partition coefficient (Wildman–Crippen LogP) is 2.90. The van der Waals surface area contributed by atoms with Crippen molar-refractivity contribution in [2.45, 2.75) is 17.7 Å². The first-order valence-corrected chi connectivity index (χ1v) is 12.2. The molecule has 3 heterocycles. The second-order valence-electron chi connectivity index (χ2n) is 7.99. The van der Waals surface area contributed by atoms with Gasteiger partial charge in [0.2, 0.25) is 0 Å². The van der Waals surface area contributed by atoms with E-state index in [4.69, 9.17) is 0 Å². The summed E-state index contributed by atoms with van der Waals surface area (Å²) in [4.78, 5) is 36.1. The Labute approximate surface area is 195 Å². The molecule has 0 bridgehead atoms. The van der Waals surface area contributed by atoms with Crippen molar-refractivity contribution < 1.29 is 13.2 Å². The number of aromatic amines is 2. The summed E-state index contributed by atoms with van der Waals surface area (Å²) in [5.41, 5.74) is 1.22. The number of carbonyl (C=O) groups is 1. The summed E-state index contributed by atoms with van der Waals surface area (Å²) in [7, 11) is -4.02. The number of hydrogen-bond donors (Lipinski definition) is 4. The van der Waals surface area contributed by atoms with E-state index in [9.17, 15) is 18.0 Å². The third kappa shape index (κ3) is 4.37. The summed E-state index contributed by atoms with van der Waals surface area (Å²) in [6, 6.07) is 14.2. The number of imidazole rings is 1. The minimum Gasteiger partial charge on any atom is -0.357 e. The van der Waals surface area contributed by atoms with E-state index in [1.807, 2.05) is 6.07 Å². The predicted molar refractivity (Wildman–Crippen MR) is 130 cm³/mol. The maximum Gasteiger partial charge on any atom is 0.323 e. The van der Waals surface area contributed by atoms with E-state index in [1.54, 1.807) is 24.4 Å². The number of sulfonamides is 1. The number of fused-ring (bicyclic) bond motifs is 1. The van der Waals surface area contributed by atoms with Gasteiger partial charge in [-0.15, -0.1) is 0 Å². The fourth-order valence-corrected chi connectivity index (χ4v) is 5.05. The molecule has 5 rings (SSSR count). The molecule has 1 aliphatic heterocycles. The number of nitrogens with zero attached hydrogens (tertiary/aromatic N) is 2. The fourth-order valence-electron chi connectivity index (χ4n) is 3.94. The number of aromatic nitrogens is 3. The highest BCUT2D eigenvalue weighted by molar-refractivity contribution is 7.92. The van der Waals surface area contributed by atoms with Crippen LogP contribution < -0.4 is 20.6 Å². The van der Waals surface area contributed by atoms with Crippen molar-refractivity contribution in [3.8, 4) is 0 Å². The maximum atomic E-state index is 13.0. The summed E-state index contributed by atoms with van der Waals surface area (Å²) in [6.07, 6.45) is 3.87. The third-order valence-corrected chi connectivity index (χ3v) is 7.01. The van der Waals surface area contributed by atoms with Crippen LogP contribution in [0.15, 0.2) is 70.5 Å². The Morgan fingerprint density at radius 2 is 1.74 bits per heavy atom. The van der Waals surface area contributed by atoms with Gasteiger partial charge < -0.3 is 20.2 Å². The van der Waals surface area contributed by atoms with Crippen LogP contribution in [0.1, 0.15) is 23.2 Å². The van der Waals surface area contributed by atoms with E-state index in [0.717, 1.165) is 31.7 Å². The Morgan fingerprint density at radius 1 is 0.971 bits per heavy atom. The smallest absolute Gasteiger partial charge is 0.323 e. The van der Waals surface area contributed by atoms with Crippen molar-refractivity contribution in [1.29, 1.82) is 0 Å². The molecule has 0 spiro atoms. The van der Waals surface area contributed by atoms with Crippen LogP contribution in [0.5, 0.6) is 0 Å². The molecule has 1 amide bonds. The number of H-pyrrole nitrogens is 2. The third-order valence-electron chi connectivity index (χ3n) is 5.65. The van der Waals surface area contributed by atoms with Crippen molar-refractivity contribution in [3.63, 3.8) is 0 Å². The number of hydrogen-bond acceptors (Lipinski definition) is 6. The monoisotopic (exact) mass is 478 g/mol. The fraction of sp³-hybridized carbons (Fsp3) is 0.174. The lowest BCUT2D eigenvalue weighted by atomic mass is 10.1. The number of para-hydroxylation sites is 1. The first-order chi connectivity index (χ1) is 16.4. The van der Waals surface area contributed by atoms with Gasteiger partial charge in [-0.3, -0.25) is 9.52 Å². The minimum atomic E-state index is -4.02. The molecule has 11 heteroatoms. The lowest BCUT2D eigenvalue weighted by molar-refractivity contribution is 0.102. The normalized spacial score (nSPS) is 13.8. The first-order valence-electron chi connectivity index (χ1n) is 10.8. The van der Waals surface area contributed by atoms with Crippen molar-refractivity contribution in [3.05, 3.63) is 76.8 Å². The molecule has 0 aliphatic carbocycles. The molecule has 2 aromatic heterocycles. The van der Waals surface area contributed by atoms with E-state index in [-0.39, 0.29) is 16.1 Å². The molecule has 34 heavy (non-hydrogen) atoms. The van der Waals surface area contributed by atoms with E-state index in [2.05, 4.69) is 29.9 Å². The Morgan fingerprint density at radius 3 is 2.50 bits per heavy atom. The SMILES string of the molecule is O=C(Nc1ccc(N2CCCC2)nc1)c1ccccc1NS(=O)(=O)c1ccc2[nH]c(=O)[nH]c2c1. The van der Waals surface area contributed by atoms with Crippen LogP contribution in [0.25, 0.3) is 11.0 Å². The number of rotatable bonds is 6. The molecular formula is C23H22N6O4S. The summed E-state index contributed by atoms with van der Waals surface area (Å²) in [6.45, 7) is 1.94. The number of anilines is 3. The standard InChI is InChI=1S/C23H22N6O4S/c30-22(25-15-7-10-21(24-14-15)29-11-3-4-12-29)17-5-1-2-6-18(17)28-34(32,33)16-8-9-19-20(13-16)27-23(31)26-19/h1-2,5-10,13-14,28H,3-4,11-12H2,(H,25,30)(H2,26,27,31). The molecule has 10 nitrogen and oxygen atoms in total. The topological polar surface area (TPSA) is 140 Å². The van der Waals surface area contributed by atoms with Gasteiger partial charge in [0.1, 0.15) is 5.82 Å². The van der Waals surface area contributed by atoms with Crippen molar-refractivity contribution in [2.24, 2.45) is 0 Å². The van der Waals surface area contributed by atoms with Gasteiger partial charge in [0.15, 0.2) is 0 Å². The summed E-state index contributed by atoms with van der Waals surface area (Å²) in [5, 5.41) is 2.77. The van der Waals surface area contributed by atoms with Crippen LogP contribution in [0.4, 0.5) is 17.2 Å². The lowest BCUT2D eigenvalue weighted by Crippen LogP contribution is -2.20. The van der Waals surface area contributed by atoms with E-state index < -0.39 is 21.6 Å². The van der Waals surface area contributed by atoms with Crippen molar-refractivity contribution in [1.82, 2.24) is 15.0 Å². The van der Waals surface area contributed by atoms with Gasteiger partial charge in [0.05, 0.1) is 39.1 Å². The quantitative estimate of drug-likeness (QED) is 0.336. The van der Waals surface area contributed by atoms with Gasteiger partial charge in [-0.2, -0.15) is 0 Å². The molecule has 0 unspecified atom stereocenters. The van der Waals surface area contributed by atoms with E-state index in [1.165, 1.54) is 30.3 Å². The van der Waals surface area contributed by atoms with Gasteiger partial charge in [-0.25, -0.2) is 18.2 Å². The van der Waals surface area contributed by atoms with Gasteiger partial charge in [0, 0.05) is 13.1 Å². The average molecular weight is 479 g/mol. The van der Waals surface area contributed by atoms with Crippen LogP contribution in [-0.2, 0) is 10.0 Å². The lowest BCUT2D eigenvalue weighted by Gasteiger charge is -2.16. The molecule has 4 aromatic rings. The van der Waals surface area contributed by atoms with Crippen LogP contribution in [0.3, 0.4) is 0 Å². The number of amides is 1. The zero-order valence-electron chi connectivity index (χ0n) is 18.0. The zero-order chi connectivity index (χ0) is 23.7. The molecular weight excluding hydrogens is 456 g/mol. The highest BCUT2D eigenvalue weighted by atomic mass is 32.2. The van der Waals surface area contributed by atoms with E-state index in [0.29, 0.717) is 16.7 Å². The molecule has 0 saturated carbocycles. The molecule has 1 fully saturated rings. The Hall–Kier alpha value is -4.12. The highest BCUT2D eigenvalue weighted by Crippen LogP contribution is 2.24. The highest BCUT2D eigenvalue weighted by Gasteiger charge is 2.20.